The Kier molecular flexibility index (Phi) is 2.73. The molecule has 0 atom stereocenters. The van der Waals surface area contributed by atoms with E-state index in [1.54, 1.807) is 4.57 Å². The lowest BCUT2D eigenvalue weighted by Crippen LogP contribution is -2.17. The highest BCUT2D eigenvalue weighted by atomic mass is 16.1. The molecule has 0 saturated heterocycles. The molecule has 0 aliphatic carbocycles. The van der Waals surface area contributed by atoms with Crippen LogP contribution in [0.4, 0.5) is 0 Å². The Morgan fingerprint density at radius 3 is 2.50 bits per heavy atom. The van der Waals surface area contributed by atoms with Gasteiger partial charge >= 0.3 is 5.69 Å². The third kappa shape index (κ3) is 1.95. The Morgan fingerprint density at radius 2 is 1.67 bits per heavy atom. The van der Waals surface area contributed by atoms with Gasteiger partial charge in [-0.1, -0.05) is 42.5 Å². The van der Waals surface area contributed by atoms with Crippen molar-refractivity contribution in [3.63, 3.8) is 0 Å². The lowest BCUT2D eigenvalue weighted by atomic mass is 10.1. The largest absolute Gasteiger partial charge is 0.326 e. The van der Waals surface area contributed by atoms with E-state index in [1.807, 2.05) is 42.5 Å². The van der Waals surface area contributed by atoms with Gasteiger partial charge in [0.15, 0.2) is 0 Å². The third-order valence-corrected chi connectivity index (χ3v) is 3.15. The Balaban J connectivity index is 1.91. The van der Waals surface area contributed by atoms with Gasteiger partial charge < -0.3 is 4.98 Å². The summed E-state index contributed by atoms with van der Waals surface area (Å²) in [6.07, 6.45) is 0.864. The van der Waals surface area contributed by atoms with E-state index in [0.717, 1.165) is 17.5 Å². The molecule has 3 rings (SSSR count). The molecule has 0 bridgehead atoms. The number of aromatic amines is 1. The number of H-pyrrole nitrogens is 1. The molecule has 0 aliphatic heterocycles. The van der Waals surface area contributed by atoms with Gasteiger partial charge in [-0.2, -0.15) is 0 Å². The summed E-state index contributed by atoms with van der Waals surface area (Å²) >= 11 is 0. The standard InChI is InChI=1S/C15H14N2O/c18-15-16-13-8-4-5-9-14(13)17(15)11-10-12-6-2-1-3-7-12/h1-9H,10-11H2,(H,16,18). The van der Waals surface area contributed by atoms with Gasteiger partial charge in [0.2, 0.25) is 0 Å². The molecule has 1 N–H and O–H groups in total. The van der Waals surface area contributed by atoms with Crippen LogP contribution in [0.5, 0.6) is 0 Å². The molecule has 0 aliphatic rings. The molecular weight excluding hydrogens is 224 g/mol. The summed E-state index contributed by atoms with van der Waals surface area (Å²) in [5, 5.41) is 0. The summed E-state index contributed by atoms with van der Waals surface area (Å²) in [6.45, 7) is 0.701. The first-order valence-corrected chi connectivity index (χ1v) is 6.06. The molecule has 18 heavy (non-hydrogen) atoms. The number of para-hydroxylation sites is 2. The number of nitrogens with one attached hydrogen (secondary N) is 1. The van der Waals surface area contributed by atoms with E-state index in [0.29, 0.717) is 6.54 Å². The van der Waals surface area contributed by atoms with Gasteiger partial charge in [-0.05, 0) is 24.1 Å². The van der Waals surface area contributed by atoms with Crippen LogP contribution in [0.3, 0.4) is 0 Å². The van der Waals surface area contributed by atoms with Crippen LogP contribution in [0.1, 0.15) is 5.56 Å². The Morgan fingerprint density at radius 1 is 0.944 bits per heavy atom. The molecule has 1 aromatic heterocycles. The van der Waals surface area contributed by atoms with Crippen LogP contribution in [0, 0.1) is 0 Å². The lowest BCUT2D eigenvalue weighted by molar-refractivity contribution is 0.691. The topological polar surface area (TPSA) is 37.8 Å². The predicted molar refractivity (Wildman–Crippen MR) is 72.7 cm³/mol. The summed E-state index contributed by atoms with van der Waals surface area (Å²) in [4.78, 5) is 14.7. The maximum absolute atomic E-state index is 11.9. The number of benzene rings is 2. The number of rotatable bonds is 3. The van der Waals surface area contributed by atoms with Crippen LogP contribution in [0.15, 0.2) is 59.4 Å². The van der Waals surface area contributed by atoms with E-state index in [9.17, 15) is 4.79 Å². The highest BCUT2D eigenvalue weighted by Gasteiger charge is 2.05. The average Bonchev–Trinajstić information content (AvgIpc) is 2.73. The van der Waals surface area contributed by atoms with Crippen molar-refractivity contribution in [2.45, 2.75) is 13.0 Å². The second-order valence-corrected chi connectivity index (χ2v) is 4.33. The first kappa shape index (κ1) is 10.8. The van der Waals surface area contributed by atoms with E-state index in [-0.39, 0.29) is 5.69 Å². The lowest BCUT2D eigenvalue weighted by Gasteiger charge is -2.03. The van der Waals surface area contributed by atoms with Gasteiger partial charge in [0.25, 0.3) is 0 Å². The van der Waals surface area contributed by atoms with Gasteiger partial charge in [0.1, 0.15) is 0 Å². The first-order chi connectivity index (χ1) is 8.84. The molecule has 1 heterocycles. The highest BCUT2D eigenvalue weighted by Crippen LogP contribution is 2.10. The fraction of sp³-hybridized carbons (Fsp3) is 0.133. The fourth-order valence-corrected chi connectivity index (χ4v) is 2.21. The van der Waals surface area contributed by atoms with E-state index < -0.39 is 0 Å². The van der Waals surface area contributed by atoms with Crippen LogP contribution >= 0.6 is 0 Å². The van der Waals surface area contributed by atoms with Crippen molar-refractivity contribution in [1.29, 1.82) is 0 Å². The highest BCUT2D eigenvalue weighted by molar-refractivity contribution is 5.74. The Hall–Kier alpha value is -2.29. The summed E-state index contributed by atoms with van der Waals surface area (Å²) in [6, 6.07) is 18.0. The Bertz CT molecular complexity index is 710. The monoisotopic (exact) mass is 238 g/mol. The van der Waals surface area contributed by atoms with Crippen molar-refractivity contribution in [2.75, 3.05) is 0 Å². The summed E-state index contributed by atoms with van der Waals surface area (Å²) in [5.41, 5.74) is 3.08. The number of aromatic nitrogens is 2. The number of hydrogen-bond donors (Lipinski definition) is 1. The van der Waals surface area contributed by atoms with Crippen molar-refractivity contribution < 1.29 is 0 Å². The maximum atomic E-state index is 11.9. The number of fused-ring (bicyclic) bond motifs is 1. The molecule has 3 aromatic rings. The summed E-state index contributed by atoms with van der Waals surface area (Å²) in [5.74, 6) is 0. The van der Waals surface area contributed by atoms with Crippen LogP contribution in [-0.4, -0.2) is 9.55 Å². The first-order valence-electron chi connectivity index (χ1n) is 6.06. The number of imidazole rings is 1. The van der Waals surface area contributed by atoms with E-state index in [4.69, 9.17) is 0 Å². The maximum Gasteiger partial charge on any atom is 0.326 e. The molecule has 0 radical (unpaired) electrons. The molecule has 2 aromatic carbocycles. The summed E-state index contributed by atoms with van der Waals surface area (Å²) < 4.78 is 1.79. The second kappa shape index (κ2) is 4.53. The van der Waals surface area contributed by atoms with E-state index in [1.165, 1.54) is 5.56 Å². The van der Waals surface area contributed by atoms with Crippen molar-refractivity contribution in [3.8, 4) is 0 Å². The third-order valence-electron chi connectivity index (χ3n) is 3.15. The van der Waals surface area contributed by atoms with Gasteiger partial charge in [0.05, 0.1) is 11.0 Å². The van der Waals surface area contributed by atoms with Crippen molar-refractivity contribution in [3.05, 3.63) is 70.6 Å². The normalized spacial score (nSPS) is 10.9. The van der Waals surface area contributed by atoms with Gasteiger partial charge in [-0.15, -0.1) is 0 Å². The zero-order chi connectivity index (χ0) is 12.4. The number of nitrogens with zero attached hydrogens (tertiary/aromatic N) is 1. The van der Waals surface area contributed by atoms with Crippen LogP contribution in [-0.2, 0) is 13.0 Å². The minimum absolute atomic E-state index is 0.0351. The van der Waals surface area contributed by atoms with Crippen LogP contribution < -0.4 is 5.69 Å². The quantitative estimate of drug-likeness (QED) is 0.748. The molecule has 0 fully saturated rings. The molecule has 0 amide bonds. The minimum Gasteiger partial charge on any atom is -0.306 e. The molecule has 90 valence electrons. The smallest absolute Gasteiger partial charge is 0.306 e. The van der Waals surface area contributed by atoms with Crippen LogP contribution in [0.25, 0.3) is 11.0 Å². The predicted octanol–water partition coefficient (Wildman–Crippen LogP) is 2.57. The average molecular weight is 238 g/mol. The molecule has 3 heteroatoms. The zero-order valence-corrected chi connectivity index (χ0v) is 9.97. The summed E-state index contributed by atoms with van der Waals surface area (Å²) in [7, 11) is 0. The van der Waals surface area contributed by atoms with Gasteiger partial charge in [-0.25, -0.2) is 4.79 Å². The van der Waals surface area contributed by atoms with E-state index >= 15 is 0 Å². The number of hydrogen-bond acceptors (Lipinski definition) is 1. The molecule has 3 nitrogen and oxygen atoms in total. The van der Waals surface area contributed by atoms with Gasteiger partial charge in [0, 0.05) is 6.54 Å². The zero-order valence-electron chi connectivity index (χ0n) is 9.97. The Labute approximate surface area is 105 Å². The second-order valence-electron chi connectivity index (χ2n) is 4.33. The van der Waals surface area contributed by atoms with Crippen LogP contribution in [0.2, 0.25) is 0 Å². The molecule has 0 spiro atoms. The fourth-order valence-electron chi connectivity index (χ4n) is 2.21. The van der Waals surface area contributed by atoms with Crippen molar-refractivity contribution in [1.82, 2.24) is 9.55 Å². The van der Waals surface area contributed by atoms with Crippen molar-refractivity contribution >= 4 is 11.0 Å². The SMILES string of the molecule is O=c1[nH]c2ccccc2n1CCc1ccccc1. The van der Waals surface area contributed by atoms with E-state index in [2.05, 4.69) is 17.1 Å². The molecule has 0 unspecified atom stereocenters. The molecular formula is C15H14N2O. The minimum atomic E-state index is -0.0351. The molecule has 0 saturated carbocycles. The van der Waals surface area contributed by atoms with Crippen molar-refractivity contribution in [2.24, 2.45) is 0 Å². The van der Waals surface area contributed by atoms with Gasteiger partial charge in [-0.3, -0.25) is 4.57 Å². The number of aryl methyl sites for hydroxylation is 2.